The first-order valence-electron chi connectivity index (χ1n) is 11.3. The Hall–Kier alpha value is -3.17. The Kier molecular flexibility index (Phi) is 8.46. The predicted octanol–water partition coefficient (Wildman–Crippen LogP) is 2.73. The average molecular weight is 472 g/mol. The van der Waals surface area contributed by atoms with Gasteiger partial charge in [-0.2, -0.15) is 5.10 Å². The van der Waals surface area contributed by atoms with Gasteiger partial charge in [0, 0.05) is 19.2 Å². The van der Waals surface area contributed by atoms with Crippen molar-refractivity contribution in [2.24, 2.45) is 0 Å². The van der Waals surface area contributed by atoms with Crippen molar-refractivity contribution >= 4 is 5.91 Å². The Morgan fingerprint density at radius 2 is 1.82 bits per heavy atom. The minimum atomic E-state index is -1.09. The van der Waals surface area contributed by atoms with Crippen LogP contribution >= 0.6 is 0 Å². The van der Waals surface area contributed by atoms with Gasteiger partial charge in [0.05, 0.1) is 12.1 Å². The molecule has 0 spiro atoms. The molecule has 9 heteroatoms. The van der Waals surface area contributed by atoms with E-state index < -0.39 is 35.2 Å². The second-order valence-electron chi connectivity index (χ2n) is 8.83. The third kappa shape index (κ3) is 6.68. The number of carbonyl (C=O) groups is 1. The number of benzene rings is 2. The standard InChI is InChI=1S/C25H31F2N5O2/c1-4-17-6-5-7-18(8-17)13-28-14-23(33)22(11-19-9-20(26)12-21(27)10-19)31-24(34)25(2,3)32-16-29-15-30-32/h5-10,12,15-16,22-23,28,33H,4,11,13-14H2,1-3H3,(H,31,34). The third-order valence-corrected chi connectivity index (χ3v) is 5.79. The second-order valence-corrected chi connectivity index (χ2v) is 8.83. The van der Waals surface area contributed by atoms with Gasteiger partial charge < -0.3 is 15.7 Å². The molecular weight excluding hydrogens is 440 g/mol. The average Bonchev–Trinajstić information content (AvgIpc) is 3.34. The summed E-state index contributed by atoms with van der Waals surface area (Å²) in [6.07, 6.45) is 2.71. The molecule has 0 aliphatic carbocycles. The molecule has 3 aromatic rings. The fraction of sp³-hybridized carbons (Fsp3) is 0.400. The van der Waals surface area contributed by atoms with Gasteiger partial charge in [-0.1, -0.05) is 31.2 Å². The molecule has 2 atom stereocenters. The third-order valence-electron chi connectivity index (χ3n) is 5.79. The number of aryl methyl sites for hydroxylation is 1. The molecule has 182 valence electrons. The topological polar surface area (TPSA) is 92.1 Å². The highest BCUT2D eigenvalue weighted by Gasteiger charge is 2.34. The number of nitrogens with one attached hydrogen (secondary N) is 2. The zero-order valence-electron chi connectivity index (χ0n) is 19.6. The molecule has 0 radical (unpaired) electrons. The van der Waals surface area contributed by atoms with Gasteiger partial charge in [-0.3, -0.25) is 4.79 Å². The summed E-state index contributed by atoms with van der Waals surface area (Å²) >= 11 is 0. The smallest absolute Gasteiger partial charge is 0.247 e. The number of halogens is 2. The lowest BCUT2D eigenvalue weighted by Crippen LogP contribution is -2.54. The Bertz CT molecular complexity index is 1070. The van der Waals surface area contributed by atoms with Crippen molar-refractivity contribution in [2.45, 2.75) is 57.8 Å². The highest BCUT2D eigenvalue weighted by Crippen LogP contribution is 2.16. The number of hydrogen-bond donors (Lipinski definition) is 3. The van der Waals surface area contributed by atoms with Gasteiger partial charge in [-0.25, -0.2) is 18.4 Å². The van der Waals surface area contributed by atoms with Crippen molar-refractivity contribution in [3.05, 3.63) is 83.4 Å². The molecule has 3 N–H and O–H groups in total. The van der Waals surface area contributed by atoms with Crippen molar-refractivity contribution in [3.63, 3.8) is 0 Å². The summed E-state index contributed by atoms with van der Waals surface area (Å²) in [6, 6.07) is 10.5. The maximum Gasteiger partial charge on any atom is 0.247 e. The number of aromatic nitrogens is 3. The normalized spacial score (nSPS) is 13.5. The lowest BCUT2D eigenvalue weighted by molar-refractivity contribution is -0.130. The summed E-state index contributed by atoms with van der Waals surface area (Å²) in [5.74, 6) is -1.84. The first-order valence-corrected chi connectivity index (χ1v) is 11.3. The molecule has 0 bridgehead atoms. The molecule has 3 rings (SSSR count). The van der Waals surface area contributed by atoms with E-state index in [0.29, 0.717) is 12.1 Å². The molecule has 0 saturated carbocycles. The van der Waals surface area contributed by atoms with E-state index in [9.17, 15) is 18.7 Å². The van der Waals surface area contributed by atoms with Crippen LogP contribution in [-0.2, 0) is 29.7 Å². The molecule has 34 heavy (non-hydrogen) atoms. The van der Waals surface area contributed by atoms with E-state index in [4.69, 9.17) is 0 Å². The Morgan fingerprint density at radius 1 is 1.12 bits per heavy atom. The van der Waals surface area contributed by atoms with Crippen LogP contribution in [0.4, 0.5) is 8.78 Å². The van der Waals surface area contributed by atoms with Crippen LogP contribution in [0.2, 0.25) is 0 Å². The number of rotatable bonds is 11. The van der Waals surface area contributed by atoms with Crippen LogP contribution in [0, 0.1) is 11.6 Å². The molecule has 1 heterocycles. The van der Waals surface area contributed by atoms with Crippen molar-refractivity contribution < 1.29 is 18.7 Å². The first kappa shape index (κ1) is 25.5. The van der Waals surface area contributed by atoms with Crippen LogP contribution in [0.15, 0.2) is 55.1 Å². The summed E-state index contributed by atoms with van der Waals surface area (Å²) < 4.78 is 28.9. The summed E-state index contributed by atoms with van der Waals surface area (Å²) in [5.41, 5.74) is 1.53. The molecule has 2 aromatic carbocycles. The zero-order valence-corrected chi connectivity index (χ0v) is 19.6. The zero-order chi connectivity index (χ0) is 24.7. The van der Waals surface area contributed by atoms with Crippen LogP contribution < -0.4 is 10.6 Å². The van der Waals surface area contributed by atoms with Crippen LogP contribution in [0.3, 0.4) is 0 Å². The highest BCUT2D eigenvalue weighted by atomic mass is 19.1. The Balaban J connectivity index is 1.72. The van der Waals surface area contributed by atoms with Gasteiger partial charge in [0.25, 0.3) is 0 Å². The van der Waals surface area contributed by atoms with Crippen molar-refractivity contribution in [1.29, 1.82) is 0 Å². The van der Waals surface area contributed by atoms with Gasteiger partial charge in [0.1, 0.15) is 29.8 Å². The molecular formula is C25H31F2N5O2. The lowest BCUT2D eigenvalue weighted by Gasteiger charge is -2.30. The number of nitrogens with zero attached hydrogens (tertiary/aromatic N) is 3. The molecule has 0 saturated heterocycles. The fourth-order valence-electron chi connectivity index (χ4n) is 3.68. The van der Waals surface area contributed by atoms with E-state index in [1.807, 2.05) is 12.1 Å². The summed E-state index contributed by atoms with van der Waals surface area (Å²) in [7, 11) is 0. The molecule has 1 amide bonds. The monoisotopic (exact) mass is 471 g/mol. The Labute approximate surface area is 198 Å². The SMILES string of the molecule is CCc1cccc(CNCC(O)C(Cc2cc(F)cc(F)c2)NC(=O)C(C)(C)n2cncn2)c1. The van der Waals surface area contributed by atoms with Crippen molar-refractivity contribution in [2.75, 3.05) is 6.54 Å². The largest absolute Gasteiger partial charge is 0.390 e. The summed E-state index contributed by atoms with van der Waals surface area (Å²) in [5, 5.41) is 21.0. The van der Waals surface area contributed by atoms with Crippen molar-refractivity contribution in [1.82, 2.24) is 25.4 Å². The van der Waals surface area contributed by atoms with Gasteiger partial charge in [0.15, 0.2) is 0 Å². The van der Waals surface area contributed by atoms with E-state index in [2.05, 4.69) is 39.8 Å². The second kappa shape index (κ2) is 11.3. The summed E-state index contributed by atoms with van der Waals surface area (Å²) in [4.78, 5) is 17.0. The minimum Gasteiger partial charge on any atom is -0.390 e. The maximum absolute atomic E-state index is 13.7. The molecule has 0 aliphatic heterocycles. The number of hydrogen-bond acceptors (Lipinski definition) is 5. The van der Waals surface area contributed by atoms with E-state index in [1.165, 1.54) is 35.0 Å². The fourth-order valence-corrected chi connectivity index (χ4v) is 3.68. The van der Waals surface area contributed by atoms with E-state index in [-0.39, 0.29) is 13.0 Å². The van der Waals surface area contributed by atoms with Crippen LogP contribution in [0.25, 0.3) is 0 Å². The minimum absolute atomic E-state index is 0.0437. The number of amides is 1. The number of aliphatic hydroxyl groups is 1. The van der Waals surface area contributed by atoms with Crippen LogP contribution in [0.1, 0.15) is 37.5 Å². The van der Waals surface area contributed by atoms with Crippen molar-refractivity contribution in [3.8, 4) is 0 Å². The molecule has 1 aromatic heterocycles. The molecule has 0 fully saturated rings. The predicted molar refractivity (Wildman–Crippen MR) is 125 cm³/mol. The molecule has 7 nitrogen and oxygen atoms in total. The van der Waals surface area contributed by atoms with Gasteiger partial charge in [-0.05, 0) is 55.5 Å². The van der Waals surface area contributed by atoms with Crippen LogP contribution in [0.5, 0.6) is 0 Å². The summed E-state index contributed by atoms with van der Waals surface area (Å²) in [6.45, 7) is 6.12. The van der Waals surface area contributed by atoms with E-state index in [1.54, 1.807) is 13.8 Å². The van der Waals surface area contributed by atoms with E-state index in [0.717, 1.165) is 18.1 Å². The number of carbonyl (C=O) groups excluding carboxylic acids is 1. The van der Waals surface area contributed by atoms with Gasteiger partial charge >= 0.3 is 0 Å². The highest BCUT2D eigenvalue weighted by molar-refractivity contribution is 5.83. The lowest BCUT2D eigenvalue weighted by atomic mass is 9.98. The maximum atomic E-state index is 13.7. The van der Waals surface area contributed by atoms with E-state index >= 15 is 0 Å². The van der Waals surface area contributed by atoms with Crippen LogP contribution in [-0.4, -0.2) is 44.5 Å². The van der Waals surface area contributed by atoms with Gasteiger partial charge in [0.2, 0.25) is 5.91 Å². The quantitative estimate of drug-likeness (QED) is 0.400. The van der Waals surface area contributed by atoms with Gasteiger partial charge in [-0.15, -0.1) is 0 Å². The number of aliphatic hydroxyl groups excluding tert-OH is 1. The molecule has 0 aliphatic rings. The Morgan fingerprint density at radius 3 is 2.47 bits per heavy atom. The first-order chi connectivity index (χ1) is 16.2. The molecule has 2 unspecified atom stereocenters.